The van der Waals surface area contributed by atoms with Crippen LogP contribution in [-0.2, 0) is 4.79 Å². The largest absolute Gasteiger partial charge is 0.384 e. The Morgan fingerprint density at radius 1 is 1.62 bits per heavy atom. The van der Waals surface area contributed by atoms with E-state index in [1.54, 1.807) is 0 Å². The van der Waals surface area contributed by atoms with E-state index in [0.717, 1.165) is 12.0 Å². The van der Waals surface area contributed by atoms with Gasteiger partial charge in [-0.15, -0.1) is 0 Å². The molecular weight excluding hydrogens is 226 g/mol. The van der Waals surface area contributed by atoms with Crippen LogP contribution in [0.15, 0.2) is 24.3 Å². The Morgan fingerprint density at radius 3 is 3.00 bits per heavy atom. The summed E-state index contributed by atoms with van der Waals surface area (Å²) in [4.78, 5) is 11.2. The summed E-state index contributed by atoms with van der Waals surface area (Å²) < 4.78 is 0. The molecule has 0 bridgehead atoms. The molecule has 4 heteroatoms. The summed E-state index contributed by atoms with van der Waals surface area (Å²) in [7, 11) is 0. The van der Waals surface area contributed by atoms with Gasteiger partial charge in [0.05, 0.1) is 0 Å². The van der Waals surface area contributed by atoms with E-state index in [9.17, 15) is 4.79 Å². The van der Waals surface area contributed by atoms with Crippen molar-refractivity contribution in [1.82, 2.24) is 5.32 Å². The Kier molecular flexibility index (Phi) is 3.17. The molecule has 2 rings (SSSR count). The molecule has 2 N–H and O–H groups in total. The molecule has 16 heavy (non-hydrogen) atoms. The van der Waals surface area contributed by atoms with E-state index >= 15 is 0 Å². The van der Waals surface area contributed by atoms with Crippen molar-refractivity contribution in [2.24, 2.45) is 0 Å². The first-order valence-electron chi connectivity index (χ1n) is 5.32. The van der Waals surface area contributed by atoms with Crippen molar-refractivity contribution in [2.45, 2.75) is 31.4 Å². The molecule has 1 saturated carbocycles. The molecule has 0 spiro atoms. The van der Waals surface area contributed by atoms with Gasteiger partial charge < -0.3 is 10.4 Å². The zero-order valence-corrected chi connectivity index (χ0v) is 9.74. The van der Waals surface area contributed by atoms with Crippen LogP contribution in [0.4, 0.5) is 0 Å². The Bertz CT molecular complexity index is 406. The molecule has 1 aliphatic rings. The number of rotatable bonds is 3. The van der Waals surface area contributed by atoms with Gasteiger partial charge in [0.1, 0.15) is 6.10 Å². The van der Waals surface area contributed by atoms with Crippen LogP contribution >= 0.6 is 11.6 Å². The van der Waals surface area contributed by atoms with Gasteiger partial charge in [-0.2, -0.15) is 0 Å². The van der Waals surface area contributed by atoms with Crippen molar-refractivity contribution in [1.29, 1.82) is 0 Å². The first-order chi connectivity index (χ1) is 7.58. The van der Waals surface area contributed by atoms with Gasteiger partial charge in [-0.1, -0.05) is 23.7 Å². The molecule has 1 aliphatic carbocycles. The number of amides is 1. The zero-order chi connectivity index (χ0) is 11.7. The molecule has 0 aliphatic heterocycles. The third-order valence-electron chi connectivity index (χ3n) is 2.77. The second-order valence-electron chi connectivity index (χ2n) is 4.19. The Morgan fingerprint density at radius 2 is 2.38 bits per heavy atom. The molecule has 3 unspecified atom stereocenters. The predicted octanol–water partition coefficient (Wildman–Crippen LogP) is 1.69. The van der Waals surface area contributed by atoms with Crippen LogP contribution in [0.2, 0.25) is 5.02 Å². The number of benzene rings is 1. The average molecular weight is 240 g/mol. The van der Waals surface area contributed by atoms with Gasteiger partial charge in [0, 0.05) is 17.0 Å². The molecule has 0 heterocycles. The van der Waals surface area contributed by atoms with Crippen molar-refractivity contribution < 1.29 is 9.90 Å². The van der Waals surface area contributed by atoms with Crippen molar-refractivity contribution >= 4 is 17.5 Å². The van der Waals surface area contributed by atoms with Gasteiger partial charge in [-0.05, 0) is 31.0 Å². The minimum Gasteiger partial charge on any atom is -0.384 e. The van der Waals surface area contributed by atoms with Gasteiger partial charge >= 0.3 is 0 Å². The average Bonchev–Trinajstić information content (AvgIpc) is 2.97. The molecule has 1 amide bonds. The van der Waals surface area contributed by atoms with Crippen molar-refractivity contribution in [3.63, 3.8) is 0 Å². The fraction of sp³-hybridized carbons (Fsp3) is 0.417. The van der Waals surface area contributed by atoms with Gasteiger partial charge in [-0.25, -0.2) is 0 Å². The van der Waals surface area contributed by atoms with Crippen LogP contribution in [0.1, 0.15) is 24.8 Å². The number of aliphatic hydroxyl groups is 1. The number of hydrogen-bond acceptors (Lipinski definition) is 2. The van der Waals surface area contributed by atoms with Crippen molar-refractivity contribution in [3.8, 4) is 0 Å². The van der Waals surface area contributed by atoms with Crippen LogP contribution in [0.3, 0.4) is 0 Å². The maximum absolute atomic E-state index is 11.2. The fourth-order valence-corrected chi connectivity index (χ4v) is 1.96. The number of carbonyl (C=O) groups excluding carboxylic acids is 1. The Balaban J connectivity index is 1.94. The van der Waals surface area contributed by atoms with E-state index in [2.05, 4.69) is 5.32 Å². The third-order valence-corrected chi connectivity index (χ3v) is 3.01. The maximum Gasteiger partial charge on any atom is 0.248 e. The topological polar surface area (TPSA) is 49.3 Å². The number of hydrogen-bond donors (Lipinski definition) is 2. The second kappa shape index (κ2) is 4.44. The lowest BCUT2D eigenvalue weighted by Crippen LogP contribution is -2.34. The lowest BCUT2D eigenvalue weighted by Gasteiger charge is -2.06. The zero-order valence-electron chi connectivity index (χ0n) is 8.98. The van der Waals surface area contributed by atoms with E-state index < -0.39 is 6.10 Å². The van der Waals surface area contributed by atoms with Gasteiger partial charge in [0.15, 0.2) is 0 Å². The highest BCUT2D eigenvalue weighted by Gasteiger charge is 2.39. The standard InChI is InChI=1S/C12H14ClNO2/c1-7(15)12(16)14-11-6-10(11)8-3-2-4-9(13)5-8/h2-5,7,10-11,15H,6H2,1H3,(H,14,16). The predicted molar refractivity (Wildman–Crippen MR) is 62.4 cm³/mol. The summed E-state index contributed by atoms with van der Waals surface area (Å²) in [5.74, 6) is 0.0240. The van der Waals surface area contributed by atoms with Crippen LogP contribution in [0.5, 0.6) is 0 Å². The van der Waals surface area contributed by atoms with E-state index in [4.69, 9.17) is 16.7 Å². The van der Waals surface area contributed by atoms with Crippen molar-refractivity contribution in [2.75, 3.05) is 0 Å². The molecule has 0 saturated heterocycles. The molecule has 0 aromatic heterocycles. The molecule has 1 aromatic carbocycles. The summed E-state index contributed by atoms with van der Waals surface area (Å²) >= 11 is 5.89. The summed E-state index contributed by atoms with van der Waals surface area (Å²) in [5, 5.41) is 12.6. The minimum absolute atomic E-state index is 0.139. The SMILES string of the molecule is CC(O)C(=O)NC1CC1c1cccc(Cl)c1. The maximum atomic E-state index is 11.2. The fourth-order valence-electron chi connectivity index (χ4n) is 1.76. The summed E-state index contributed by atoms with van der Waals surface area (Å²) in [6.07, 6.45) is -0.0284. The molecule has 1 aromatic rings. The van der Waals surface area contributed by atoms with Crippen LogP contribution in [0.25, 0.3) is 0 Å². The number of nitrogens with one attached hydrogen (secondary N) is 1. The summed E-state index contributed by atoms with van der Waals surface area (Å²) in [5.41, 5.74) is 1.14. The second-order valence-corrected chi connectivity index (χ2v) is 4.62. The van der Waals surface area contributed by atoms with Crippen LogP contribution < -0.4 is 5.32 Å². The molecule has 1 fully saturated rings. The number of aliphatic hydroxyl groups excluding tert-OH is 1. The summed E-state index contributed by atoms with van der Waals surface area (Å²) in [6.45, 7) is 1.46. The van der Waals surface area contributed by atoms with Crippen LogP contribution in [-0.4, -0.2) is 23.2 Å². The lowest BCUT2D eigenvalue weighted by atomic mass is 10.1. The molecule has 3 nitrogen and oxygen atoms in total. The summed E-state index contributed by atoms with van der Waals surface area (Å²) in [6, 6.07) is 7.80. The van der Waals surface area contributed by atoms with E-state index in [1.165, 1.54) is 6.92 Å². The molecular formula is C12H14ClNO2. The number of carbonyl (C=O) groups is 1. The highest BCUT2D eigenvalue weighted by atomic mass is 35.5. The van der Waals surface area contributed by atoms with Crippen molar-refractivity contribution in [3.05, 3.63) is 34.9 Å². The first-order valence-corrected chi connectivity index (χ1v) is 5.69. The number of halogens is 1. The molecule has 3 atom stereocenters. The van der Waals surface area contributed by atoms with E-state index in [0.29, 0.717) is 10.9 Å². The highest BCUT2D eigenvalue weighted by Crippen LogP contribution is 2.41. The normalized spacial score (nSPS) is 24.9. The lowest BCUT2D eigenvalue weighted by molar-refractivity contribution is -0.128. The third kappa shape index (κ3) is 2.54. The Hall–Kier alpha value is -1.06. The van der Waals surface area contributed by atoms with E-state index in [-0.39, 0.29) is 11.9 Å². The van der Waals surface area contributed by atoms with Crippen LogP contribution in [0, 0.1) is 0 Å². The quantitative estimate of drug-likeness (QED) is 0.844. The smallest absolute Gasteiger partial charge is 0.248 e. The molecule has 86 valence electrons. The minimum atomic E-state index is -0.944. The monoisotopic (exact) mass is 239 g/mol. The molecule has 0 radical (unpaired) electrons. The van der Waals surface area contributed by atoms with Gasteiger partial charge in [0.2, 0.25) is 5.91 Å². The first kappa shape index (κ1) is 11.4. The van der Waals surface area contributed by atoms with Gasteiger partial charge in [-0.3, -0.25) is 4.79 Å². The highest BCUT2D eigenvalue weighted by molar-refractivity contribution is 6.30. The van der Waals surface area contributed by atoms with Gasteiger partial charge in [0.25, 0.3) is 0 Å². The Labute approximate surface area is 99.4 Å². The van der Waals surface area contributed by atoms with E-state index in [1.807, 2.05) is 24.3 Å².